The Morgan fingerprint density at radius 2 is 2.17 bits per heavy atom. The van der Waals surface area contributed by atoms with Crippen molar-refractivity contribution in [2.45, 2.75) is 26.8 Å². The maximum absolute atomic E-state index is 6.03. The van der Waals surface area contributed by atoms with E-state index in [1.807, 2.05) is 39.1 Å². The smallest absolute Gasteiger partial charge is 0.193 e. The molecule has 0 atom stereocenters. The highest BCUT2D eigenvalue weighted by Crippen LogP contribution is 2.13. The highest BCUT2D eigenvalue weighted by molar-refractivity contribution is 6.30. The molecular weight excluding hydrogens is 312 g/mol. The minimum atomic E-state index is 0.742. The molecule has 0 saturated heterocycles. The van der Waals surface area contributed by atoms with Crippen LogP contribution in [0.4, 0.5) is 0 Å². The highest BCUT2D eigenvalue weighted by atomic mass is 35.5. The number of nitrogens with zero attached hydrogens (tertiary/aromatic N) is 3. The molecule has 1 aromatic heterocycles. The van der Waals surface area contributed by atoms with Crippen molar-refractivity contribution in [2.24, 2.45) is 4.99 Å². The molecule has 1 N–H and O–H groups in total. The van der Waals surface area contributed by atoms with Gasteiger partial charge in [0, 0.05) is 37.8 Å². The van der Waals surface area contributed by atoms with Crippen LogP contribution in [0.5, 0.6) is 0 Å². The molecule has 124 valence electrons. The van der Waals surface area contributed by atoms with E-state index in [9.17, 15) is 0 Å². The summed E-state index contributed by atoms with van der Waals surface area (Å²) in [5.41, 5.74) is 3.26. The van der Waals surface area contributed by atoms with Crippen LogP contribution in [0.25, 0.3) is 0 Å². The molecular formula is C17H23ClN4O. The first-order valence-corrected chi connectivity index (χ1v) is 7.97. The third kappa shape index (κ3) is 4.73. The number of nitrogens with one attached hydrogen (secondary N) is 1. The van der Waals surface area contributed by atoms with E-state index in [0.717, 1.165) is 53.1 Å². The molecule has 0 saturated carbocycles. The minimum Gasteiger partial charge on any atom is -0.361 e. The van der Waals surface area contributed by atoms with Crippen LogP contribution in [0, 0.1) is 13.8 Å². The summed E-state index contributed by atoms with van der Waals surface area (Å²) in [5, 5.41) is 8.10. The van der Waals surface area contributed by atoms with E-state index in [1.165, 1.54) is 0 Å². The van der Waals surface area contributed by atoms with Crippen molar-refractivity contribution in [3.8, 4) is 0 Å². The van der Waals surface area contributed by atoms with Gasteiger partial charge in [0.05, 0.1) is 5.69 Å². The molecule has 0 aliphatic carbocycles. The molecule has 2 rings (SSSR count). The van der Waals surface area contributed by atoms with Crippen LogP contribution in [0.2, 0.25) is 5.02 Å². The number of aromatic nitrogens is 1. The van der Waals surface area contributed by atoms with E-state index in [-0.39, 0.29) is 0 Å². The fourth-order valence-corrected chi connectivity index (χ4v) is 2.74. The second kappa shape index (κ2) is 8.02. The predicted octanol–water partition coefficient (Wildman–Crippen LogP) is 3.19. The Hall–Kier alpha value is -2.01. The molecule has 0 fully saturated rings. The van der Waals surface area contributed by atoms with Crippen molar-refractivity contribution in [3.05, 3.63) is 51.9 Å². The van der Waals surface area contributed by atoms with E-state index in [4.69, 9.17) is 16.1 Å². The molecule has 0 aliphatic heterocycles. The van der Waals surface area contributed by atoms with Crippen molar-refractivity contribution in [2.75, 3.05) is 20.6 Å². The summed E-state index contributed by atoms with van der Waals surface area (Å²) in [6, 6.07) is 7.86. The molecule has 0 unspecified atom stereocenters. The van der Waals surface area contributed by atoms with Gasteiger partial charge in [-0.15, -0.1) is 0 Å². The third-order valence-corrected chi connectivity index (χ3v) is 3.96. The van der Waals surface area contributed by atoms with Crippen molar-refractivity contribution < 1.29 is 4.52 Å². The van der Waals surface area contributed by atoms with Gasteiger partial charge in [-0.2, -0.15) is 0 Å². The van der Waals surface area contributed by atoms with Crippen molar-refractivity contribution >= 4 is 17.6 Å². The number of benzene rings is 1. The SMILES string of the molecule is CN=C(NCCc1c(C)noc1C)N(C)Cc1cccc(Cl)c1. The zero-order chi connectivity index (χ0) is 16.8. The van der Waals surface area contributed by atoms with Crippen LogP contribution in [0.3, 0.4) is 0 Å². The molecule has 2 aromatic rings. The van der Waals surface area contributed by atoms with Gasteiger partial charge in [0.1, 0.15) is 5.76 Å². The average molecular weight is 335 g/mol. The Morgan fingerprint density at radius 3 is 2.78 bits per heavy atom. The molecule has 1 aromatic carbocycles. The van der Waals surface area contributed by atoms with Gasteiger partial charge in [-0.25, -0.2) is 0 Å². The predicted molar refractivity (Wildman–Crippen MR) is 94.0 cm³/mol. The van der Waals surface area contributed by atoms with E-state index in [0.29, 0.717) is 0 Å². The summed E-state index contributed by atoms with van der Waals surface area (Å²) < 4.78 is 5.19. The summed E-state index contributed by atoms with van der Waals surface area (Å²) >= 11 is 6.03. The Balaban J connectivity index is 1.89. The first kappa shape index (κ1) is 17.3. The van der Waals surface area contributed by atoms with Crippen molar-refractivity contribution in [3.63, 3.8) is 0 Å². The van der Waals surface area contributed by atoms with Gasteiger partial charge >= 0.3 is 0 Å². The fraction of sp³-hybridized carbons (Fsp3) is 0.412. The van der Waals surface area contributed by atoms with E-state index < -0.39 is 0 Å². The summed E-state index contributed by atoms with van der Waals surface area (Å²) in [6.07, 6.45) is 0.852. The molecule has 23 heavy (non-hydrogen) atoms. The molecule has 0 spiro atoms. The lowest BCUT2D eigenvalue weighted by molar-refractivity contribution is 0.392. The summed E-state index contributed by atoms with van der Waals surface area (Å²) in [5.74, 6) is 1.73. The zero-order valence-electron chi connectivity index (χ0n) is 14.1. The van der Waals surface area contributed by atoms with Gasteiger partial charge in [0.15, 0.2) is 5.96 Å². The summed E-state index contributed by atoms with van der Waals surface area (Å²) in [6.45, 7) is 5.42. The molecule has 0 radical (unpaired) electrons. The first-order valence-electron chi connectivity index (χ1n) is 7.59. The van der Waals surface area contributed by atoms with Crippen LogP contribution in [-0.4, -0.2) is 36.7 Å². The lowest BCUT2D eigenvalue weighted by atomic mass is 10.1. The molecule has 1 heterocycles. The van der Waals surface area contributed by atoms with Gasteiger partial charge < -0.3 is 14.7 Å². The number of rotatable bonds is 5. The lowest BCUT2D eigenvalue weighted by Crippen LogP contribution is -2.39. The van der Waals surface area contributed by atoms with Crippen LogP contribution in [0.1, 0.15) is 22.6 Å². The standard InChI is InChI=1S/C17H23ClN4O/c1-12-16(13(2)23-21-12)8-9-20-17(19-3)22(4)11-14-6-5-7-15(18)10-14/h5-7,10H,8-9,11H2,1-4H3,(H,19,20). The Bertz CT molecular complexity index is 661. The lowest BCUT2D eigenvalue weighted by Gasteiger charge is -2.22. The van der Waals surface area contributed by atoms with Crippen LogP contribution >= 0.6 is 11.6 Å². The minimum absolute atomic E-state index is 0.742. The maximum Gasteiger partial charge on any atom is 0.193 e. The zero-order valence-corrected chi connectivity index (χ0v) is 14.8. The summed E-state index contributed by atoms with van der Waals surface area (Å²) in [4.78, 5) is 6.40. The number of hydrogen-bond acceptors (Lipinski definition) is 3. The normalized spacial score (nSPS) is 11.6. The van der Waals surface area contributed by atoms with Gasteiger partial charge in [0.25, 0.3) is 0 Å². The Morgan fingerprint density at radius 1 is 1.39 bits per heavy atom. The molecule has 6 heteroatoms. The van der Waals surface area contributed by atoms with E-state index in [1.54, 1.807) is 7.05 Å². The van der Waals surface area contributed by atoms with Crippen LogP contribution in [-0.2, 0) is 13.0 Å². The second-order valence-corrected chi connectivity index (χ2v) is 5.95. The van der Waals surface area contributed by atoms with Crippen molar-refractivity contribution in [1.29, 1.82) is 0 Å². The van der Waals surface area contributed by atoms with Crippen LogP contribution < -0.4 is 5.32 Å². The topological polar surface area (TPSA) is 53.7 Å². The molecule has 0 amide bonds. The molecule has 0 aliphatic rings. The number of hydrogen-bond donors (Lipinski definition) is 1. The number of aliphatic imine (C=N–C) groups is 1. The van der Waals surface area contributed by atoms with Crippen LogP contribution in [0.15, 0.2) is 33.8 Å². The largest absolute Gasteiger partial charge is 0.361 e. The van der Waals surface area contributed by atoms with Gasteiger partial charge in [0.2, 0.25) is 0 Å². The maximum atomic E-state index is 6.03. The number of halogens is 1. The van der Waals surface area contributed by atoms with Gasteiger partial charge in [-0.1, -0.05) is 28.9 Å². The van der Waals surface area contributed by atoms with Crippen molar-refractivity contribution in [1.82, 2.24) is 15.4 Å². The number of aryl methyl sites for hydroxylation is 2. The van der Waals surface area contributed by atoms with E-state index >= 15 is 0 Å². The quantitative estimate of drug-likeness (QED) is 0.674. The Kier molecular flexibility index (Phi) is 6.04. The molecule has 5 nitrogen and oxygen atoms in total. The Labute approximate surface area is 142 Å². The van der Waals surface area contributed by atoms with E-state index in [2.05, 4.69) is 26.4 Å². The fourth-order valence-electron chi connectivity index (χ4n) is 2.53. The highest BCUT2D eigenvalue weighted by Gasteiger charge is 2.10. The number of guanidine groups is 1. The monoisotopic (exact) mass is 334 g/mol. The summed E-state index contributed by atoms with van der Waals surface area (Å²) in [7, 11) is 3.79. The second-order valence-electron chi connectivity index (χ2n) is 5.51. The third-order valence-electron chi connectivity index (χ3n) is 3.72. The average Bonchev–Trinajstić information content (AvgIpc) is 2.83. The first-order chi connectivity index (χ1) is 11.0. The van der Waals surface area contributed by atoms with Gasteiger partial charge in [-0.3, -0.25) is 4.99 Å². The van der Waals surface area contributed by atoms with Gasteiger partial charge in [-0.05, 0) is 38.0 Å². The molecule has 0 bridgehead atoms.